The molecule has 0 unspecified atom stereocenters. The Morgan fingerprint density at radius 2 is 1.88 bits per heavy atom. The van der Waals surface area contributed by atoms with Gasteiger partial charge in [0.2, 0.25) is 5.91 Å². The van der Waals surface area contributed by atoms with E-state index in [4.69, 9.17) is 0 Å². The maximum atomic E-state index is 12.3. The lowest BCUT2D eigenvalue weighted by Gasteiger charge is -2.14. The number of carboxylic acid groups (broad SMARTS) is 1. The smallest absolute Gasteiger partial charge is 0.335 e. The van der Waals surface area contributed by atoms with E-state index in [1.54, 1.807) is 24.3 Å². The second kappa shape index (κ2) is 8.11. The highest BCUT2D eigenvalue weighted by Crippen LogP contribution is 2.27. The van der Waals surface area contributed by atoms with Gasteiger partial charge in [0.1, 0.15) is 0 Å². The summed E-state index contributed by atoms with van der Waals surface area (Å²) in [7, 11) is 0. The van der Waals surface area contributed by atoms with Crippen molar-refractivity contribution in [2.45, 2.75) is 32.6 Å². The van der Waals surface area contributed by atoms with Gasteiger partial charge in [-0.1, -0.05) is 48.0 Å². The Kier molecular flexibility index (Phi) is 6.15. The molecule has 4 nitrogen and oxygen atoms in total. The zero-order chi connectivity index (χ0) is 17.7. The van der Waals surface area contributed by atoms with E-state index in [1.807, 2.05) is 18.2 Å². The van der Waals surface area contributed by atoms with Gasteiger partial charge in [-0.3, -0.25) is 4.79 Å². The summed E-state index contributed by atoms with van der Waals surface area (Å²) >= 11 is 3.45. The number of amides is 1. The third-order valence-corrected chi connectivity index (χ3v) is 4.27. The molecule has 0 atom stereocenters. The summed E-state index contributed by atoms with van der Waals surface area (Å²) < 4.78 is 0.972. The van der Waals surface area contributed by atoms with Gasteiger partial charge in [-0.05, 0) is 47.7 Å². The van der Waals surface area contributed by atoms with Crippen LogP contribution in [0.1, 0.15) is 47.7 Å². The minimum Gasteiger partial charge on any atom is -0.478 e. The fourth-order valence-electron chi connectivity index (χ4n) is 2.53. The molecule has 0 saturated carbocycles. The van der Waals surface area contributed by atoms with Crippen molar-refractivity contribution in [3.63, 3.8) is 0 Å². The highest BCUT2D eigenvalue weighted by Gasteiger charge is 2.13. The largest absolute Gasteiger partial charge is 0.478 e. The molecule has 0 bridgehead atoms. The molecule has 0 heterocycles. The van der Waals surface area contributed by atoms with Crippen LogP contribution in [0.15, 0.2) is 46.9 Å². The summed E-state index contributed by atoms with van der Waals surface area (Å²) in [6, 6.07) is 12.5. The Bertz CT molecular complexity index is 756. The summed E-state index contributed by atoms with van der Waals surface area (Å²) in [6.45, 7) is 4.14. The average molecular weight is 390 g/mol. The number of anilines is 1. The molecule has 0 fully saturated rings. The van der Waals surface area contributed by atoms with Crippen LogP contribution in [0.25, 0.3) is 0 Å². The SMILES string of the molecule is CC(C)c1cc(Br)ccc1NC(=O)CCc1ccccc1C(=O)O. The van der Waals surface area contributed by atoms with Crippen molar-refractivity contribution in [1.82, 2.24) is 0 Å². The van der Waals surface area contributed by atoms with Crippen LogP contribution in [0, 0.1) is 0 Å². The summed E-state index contributed by atoms with van der Waals surface area (Å²) in [5.74, 6) is -0.814. The van der Waals surface area contributed by atoms with E-state index in [0.29, 0.717) is 12.0 Å². The third-order valence-electron chi connectivity index (χ3n) is 3.78. The van der Waals surface area contributed by atoms with Gasteiger partial charge >= 0.3 is 5.97 Å². The number of carbonyl (C=O) groups excluding carboxylic acids is 1. The molecule has 0 radical (unpaired) electrons. The molecule has 2 aromatic rings. The van der Waals surface area contributed by atoms with E-state index in [2.05, 4.69) is 35.1 Å². The molecule has 2 rings (SSSR count). The number of aryl methyl sites for hydroxylation is 1. The van der Waals surface area contributed by atoms with Crippen molar-refractivity contribution < 1.29 is 14.7 Å². The van der Waals surface area contributed by atoms with Crippen LogP contribution in [-0.2, 0) is 11.2 Å². The molecule has 0 aromatic heterocycles. The molecule has 2 N–H and O–H groups in total. The second-order valence-electron chi connectivity index (χ2n) is 5.90. The van der Waals surface area contributed by atoms with Crippen LogP contribution in [0.5, 0.6) is 0 Å². The van der Waals surface area contributed by atoms with Crippen molar-refractivity contribution in [1.29, 1.82) is 0 Å². The Balaban J connectivity index is 2.06. The first-order valence-corrected chi connectivity index (χ1v) is 8.58. The number of hydrogen-bond acceptors (Lipinski definition) is 2. The van der Waals surface area contributed by atoms with Crippen molar-refractivity contribution in [3.8, 4) is 0 Å². The summed E-state index contributed by atoms with van der Waals surface area (Å²) in [5.41, 5.74) is 2.77. The molecular formula is C19H20BrNO3. The van der Waals surface area contributed by atoms with Crippen LogP contribution < -0.4 is 5.32 Å². The molecule has 5 heteroatoms. The highest BCUT2D eigenvalue weighted by molar-refractivity contribution is 9.10. The Morgan fingerprint density at radius 1 is 1.17 bits per heavy atom. The van der Waals surface area contributed by atoms with Crippen LogP contribution >= 0.6 is 15.9 Å². The van der Waals surface area contributed by atoms with Crippen molar-refractivity contribution >= 4 is 33.5 Å². The van der Waals surface area contributed by atoms with E-state index < -0.39 is 5.97 Å². The zero-order valence-corrected chi connectivity index (χ0v) is 15.3. The average Bonchev–Trinajstić information content (AvgIpc) is 2.54. The van der Waals surface area contributed by atoms with E-state index in [1.165, 1.54) is 0 Å². The number of benzene rings is 2. The second-order valence-corrected chi connectivity index (χ2v) is 6.81. The summed E-state index contributed by atoms with van der Waals surface area (Å²) in [5, 5.41) is 12.1. The normalized spacial score (nSPS) is 10.7. The standard InChI is InChI=1S/C19H20BrNO3/c1-12(2)16-11-14(20)8-9-17(16)21-18(22)10-7-13-5-3-4-6-15(13)19(23)24/h3-6,8-9,11-12H,7,10H2,1-2H3,(H,21,22)(H,23,24). The Labute approximate surface area is 150 Å². The summed E-state index contributed by atoms with van der Waals surface area (Å²) in [4.78, 5) is 23.5. The Hall–Kier alpha value is -2.14. The third kappa shape index (κ3) is 4.68. The molecule has 0 aliphatic carbocycles. The van der Waals surface area contributed by atoms with E-state index in [0.717, 1.165) is 15.7 Å². The maximum absolute atomic E-state index is 12.3. The number of halogens is 1. The topological polar surface area (TPSA) is 66.4 Å². The molecule has 0 aliphatic rings. The number of rotatable bonds is 6. The minimum absolute atomic E-state index is 0.126. The number of hydrogen-bond donors (Lipinski definition) is 2. The van der Waals surface area contributed by atoms with Crippen LogP contribution in [0.4, 0.5) is 5.69 Å². The first-order chi connectivity index (χ1) is 11.4. The van der Waals surface area contributed by atoms with Crippen molar-refractivity contribution in [2.75, 3.05) is 5.32 Å². The Morgan fingerprint density at radius 3 is 2.54 bits per heavy atom. The van der Waals surface area contributed by atoms with Gasteiger partial charge in [-0.25, -0.2) is 4.79 Å². The number of nitrogens with one attached hydrogen (secondary N) is 1. The molecule has 2 aromatic carbocycles. The van der Waals surface area contributed by atoms with Gasteiger partial charge in [-0.2, -0.15) is 0 Å². The van der Waals surface area contributed by atoms with Crippen molar-refractivity contribution in [2.24, 2.45) is 0 Å². The van der Waals surface area contributed by atoms with Gasteiger partial charge in [-0.15, -0.1) is 0 Å². The fourth-order valence-corrected chi connectivity index (χ4v) is 2.91. The van der Waals surface area contributed by atoms with Gasteiger partial charge in [0.05, 0.1) is 5.56 Å². The van der Waals surface area contributed by atoms with Crippen molar-refractivity contribution in [3.05, 3.63) is 63.6 Å². The molecular weight excluding hydrogens is 370 g/mol. The first-order valence-electron chi connectivity index (χ1n) is 7.79. The number of carboxylic acids is 1. The minimum atomic E-state index is -0.971. The lowest BCUT2D eigenvalue weighted by atomic mass is 10.0. The van der Waals surface area contributed by atoms with Crippen LogP contribution in [0.3, 0.4) is 0 Å². The lowest BCUT2D eigenvalue weighted by Crippen LogP contribution is -2.15. The van der Waals surface area contributed by atoms with Gasteiger partial charge in [0.25, 0.3) is 0 Å². The summed E-state index contributed by atoms with van der Waals surface area (Å²) in [6.07, 6.45) is 0.625. The predicted octanol–water partition coefficient (Wildman–Crippen LogP) is 4.84. The molecule has 24 heavy (non-hydrogen) atoms. The van der Waals surface area contributed by atoms with Gasteiger partial charge in [0.15, 0.2) is 0 Å². The van der Waals surface area contributed by atoms with Gasteiger partial charge in [0, 0.05) is 16.6 Å². The molecule has 0 spiro atoms. The van der Waals surface area contributed by atoms with E-state index in [9.17, 15) is 14.7 Å². The van der Waals surface area contributed by atoms with Crippen LogP contribution in [-0.4, -0.2) is 17.0 Å². The molecule has 126 valence electrons. The number of carbonyl (C=O) groups is 2. The quantitative estimate of drug-likeness (QED) is 0.742. The monoisotopic (exact) mass is 389 g/mol. The molecule has 1 amide bonds. The highest BCUT2D eigenvalue weighted by atomic mass is 79.9. The molecule has 0 aliphatic heterocycles. The van der Waals surface area contributed by atoms with E-state index in [-0.39, 0.29) is 23.8 Å². The van der Waals surface area contributed by atoms with Gasteiger partial charge < -0.3 is 10.4 Å². The maximum Gasteiger partial charge on any atom is 0.335 e. The van der Waals surface area contributed by atoms with E-state index >= 15 is 0 Å². The predicted molar refractivity (Wildman–Crippen MR) is 98.6 cm³/mol. The fraction of sp³-hybridized carbons (Fsp3) is 0.263. The zero-order valence-electron chi connectivity index (χ0n) is 13.7. The lowest BCUT2D eigenvalue weighted by molar-refractivity contribution is -0.116. The first kappa shape index (κ1) is 18.2. The number of aromatic carboxylic acids is 1. The molecule has 0 saturated heterocycles. The van der Waals surface area contributed by atoms with Crippen LogP contribution in [0.2, 0.25) is 0 Å².